The molecule has 0 N–H and O–H groups in total. The number of rotatable bonds is 9. The molecule has 1 heterocycles. The van der Waals surface area contributed by atoms with Crippen LogP contribution in [0.1, 0.15) is 44.6 Å². The number of nitrogens with zero attached hydrogens (tertiary/aromatic N) is 2. The predicted octanol–water partition coefficient (Wildman–Crippen LogP) is 5.60. The normalized spacial score (nSPS) is 11.5. The molecular formula is C19H23F3N2O. The number of ether oxygens (including phenoxy) is 1. The molecule has 1 aromatic carbocycles. The molecule has 136 valence electrons. The Balaban J connectivity index is 1.84. The zero-order valence-corrected chi connectivity index (χ0v) is 14.4. The predicted molar refractivity (Wildman–Crippen MR) is 91.5 cm³/mol. The van der Waals surface area contributed by atoms with Crippen LogP contribution in [0.15, 0.2) is 36.7 Å². The third-order valence-electron chi connectivity index (χ3n) is 3.76. The standard InChI is InChI=1S/C19H23F3N2O/c1-2-3-4-6-15-13-23-18(24-14-15)16-7-9-17(10-8-16)25-12-5-11-19(20,21)22/h7-10,13-14H,2-6,11-12H2,1H3. The van der Waals surface area contributed by atoms with Gasteiger partial charge in [0.1, 0.15) is 5.75 Å². The fraction of sp³-hybridized carbons (Fsp3) is 0.474. The van der Waals surface area contributed by atoms with Gasteiger partial charge in [0.05, 0.1) is 6.61 Å². The van der Waals surface area contributed by atoms with Crippen LogP contribution in [0.2, 0.25) is 0 Å². The van der Waals surface area contributed by atoms with Crippen molar-refractivity contribution >= 4 is 0 Å². The number of hydrogen-bond donors (Lipinski definition) is 0. The van der Waals surface area contributed by atoms with Gasteiger partial charge < -0.3 is 4.74 Å². The number of benzene rings is 1. The first kappa shape index (κ1) is 19.2. The van der Waals surface area contributed by atoms with Crippen molar-refractivity contribution in [2.24, 2.45) is 0 Å². The number of aromatic nitrogens is 2. The molecular weight excluding hydrogens is 329 g/mol. The van der Waals surface area contributed by atoms with Crippen molar-refractivity contribution in [1.29, 1.82) is 0 Å². The maximum Gasteiger partial charge on any atom is 0.389 e. The van der Waals surface area contributed by atoms with Crippen LogP contribution >= 0.6 is 0 Å². The van der Waals surface area contributed by atoms with E-state index in [4.69, 9.17) is 4.74 Å². The van der Waals surface area contributed by atoms with Gasteiger partial charge in [0.2, 0.25) is 0 Å². The van der Waals surface area contributed by atoms with E-state index in [-0.39, 0.29) is 13.0 Å². The van der Waals surface area contributed by atoms with Gasteiger partial charge in [0.25, 0.3) is 0 Å². The lowest BCUT2D eigenvalue weighted by molar-refractivity contribution is -0.136. The molecule has 0 bridgehead atoms. The zero-order chi connectivity index (χ0) is 18.1. The minimum Gasteiger partial charge on any atom is -0.494 e. The van der Waals surface area contributed by atoms with Gasteiger partial charge in [0.15, 0.2) is 5.82 Å². The van der Waals surface area contributed by atoms with Crippen molar-refractivity contribution in [3.63, 3.8) is 0 Å². The molecule has 0 atom stereocenters. The summed E-state index contributed by atoms with van der Waals surface area (Å²) in [6.45, 7) is 2.21. The van der Waals surface area contributed by atoms with Gasteiger partial charge in [-0.25, -0.2) is 9.97 Å². The van der Waals surface area contributed by atoms with Crippen molar-refractivity contribution in [2.45, 2.75) is 51.6 Å². The molecule has 2 aromatic rings. The number of hydrogen-bond acceptors (Lipinski definition) is 3. The van der Waals surface area contributed by atoms with Crippen LogP contribution in [0.3, 0.4) is 0 Å². The smallest absolute Gasteiger partial charge is 0.389 e. The van der Waals surface area contributed by atoms with Crippen molar-refractivity contribution < 1.29 is 17.9 Å². The Morgan fingerprint density at radius 2 is 1.64 bits per heavy atom. The highest BCUT2D eigenvalue weighted by Gasteiger charge is 2.26. The Bertz CT molecular complexity index is 625. The number of halogens is 3. The summed E-state index contributed by atoms with van der Waals surface area (Å²) in [7, 11) is 0. The molecule has 0 saturated heterocycles. The lowest BCUT2D eigenvalue weighted by Crippen LogP contribution is -2.09. The molecule has 0 aliphatic rings. The van der Waals surface area contributed by atoms with E-state index in [9.17, 15) is 13.2 Å². The van der Waals surface area contributed by atoms with E-state index in [1.165, 1.54) is 12.8 Å². The van der Waals surface area contributed by atoms with E-state index in [0.29, 0.717) is 11.6 Å². The van der Waals surface area contributed by atoms with Crippen LogP contribution in [-0.2, 0) is 6.42 Å². The van der Waals surface area contributed by atoms with Crippen molar-refractivity contribution in [1.82, 2.24) is 9.97 Å². The second-order valence-electron chi connectivity index (χ2n) is 5.96. The van der Waals surface area contributed by atoms with Gasteiger partial charge in [-0.1, -0.05) is 19.8 Å². The third-order valence-corrected chi connectivity index (χ3v) is 3.76. The lowest BCUT2D eigenvalue weighted by Gasteiger charge is -2.08. The molecule has 25 heavy (non-hydrogen) atoms. The summed E-state index contributed by atoms with van der Waals surface area (Å²) in [5, 5.41) is 0. The minimum absolute atomic E-state index is 0.0435. The van der Waals surface area contributed by atoms with Gasteiger partial charge in [-0.15, -0.1) is 0 Å². The summed E-state index contributed by atoms with van der Waals surface area (Å²) in [6, 6.07) is 7.07. The quantitative estimate of drug-likeness (QED) is 0.551. The van der Waals surface area contributed by atoms with Crippen LogP contribution in [0.25, 0.3) is 11.4 Å². The fourth-order valence-corrected chi connectivity index (χ4v) is 2.37. The Morgan fingerprint density at radius 3 is 2.24 bits per heavy atom. The molecule has 0 spiro atoms. The molecule has 0 radical (unpaired) electrons. The number of alkyl halides is 3. The van der Waals surface area contributed by atoms with Crippen LogP contribution < -0.4 is 4.74 Å². The van der Waals surface area contributed by atoms with E-state index in [1.54, 1.807) is 12.1 Å². The zero-order valence-electron chi connectivity index (χ0n) is 14.4. The average molecular weight is 352 g/mol. The molecule has 6 heteroatoms. The second-order valence-corrected chi connectivity index (χ2v) is 5.96. The molecule has 0 unspecified atom stereocenters. The monoisotopic (exact) mass is 352 g/mol. The summed E-state index contributed by atoms with van der Waals surface area (Å²) >= 11 is 0. The maximum absolute atomic E-state index is 12.1. The molecule has 0 aliphatic carbocycles. The molecule has 0 aliphatic heterocycles. The molecule has 0 amide bonds. The Labute approximate surface area is 146 Å². The highest BCUT2D eigenvalue weighted by Crippen LogP contribution is 2.23. The van der Waals surface area contributed by atoms with Crippen molar-refractivity contribution in [2.75, 3.05) is 6.61 Å². The van der Waals surface area contributed by atoms with Crippen LogP contribution in [-0.4, -0.2) is 22.8 Å². The van der Waals surface area contributed by atoms with Crippen molar-refractivity contribution in [3.8, 4) is 17.1 Å². The summed E-state index contributed by atoms with van der Waals surface area (Å²) < 4.78 is 41.5. The highest BCUT2D eigenvalue weighted by atomic mass is 19.4. The molecule has 0 fully saturated rings. The number of aryl methyl sites for hydroxylation is 1. The first-order valence-electron chi connectivity index (χ1n) is 8.59. The van der Waals surface area contributed by atoms with Crippen LogP contribution in [0.4, 0.5) is 13.2 Å². The minimum atomic E-state index is -4.13. The van der Waals surface area contributed by atoms with Crippen LogP contribution in [0.5, 0.6) is 5.75 Å². The molecule has 0 saturated carbocycles. The maximum atomic E-state index is 12.1. The van der Waals surface area contributed by atoms with E-state index >= 15 is 0 Å². The van der Waals surface area contributed by atoms with Gasteiger partial charge >= 0.3 is 6.18 Å². The number of unbranched alkanes of at least 4 members (excludes halogenated alkanes) is 2. The van der Waals surface area contributed by atoms with E-state index in [0.717, 1.165) is 24.0 Å². The Kier molecular flexibility index (Phi) is 7.22. The summed E-state index contributed by atoms with van der Waals surface area (Å²) in [5.41, 5.74) is 1.98. The average Bonchev–Trinajstić information content (AvgIpc) is 2.59. The van der Waals surface area contributed by atoms with Gasteiger partial charge in [-0.05, 0) is 49.1 Å². The highest BCUT2D eigenvalue weighted by molar-refractivity contribution is 5.55. The van der Waals surface area contributed by atoms with Gasteiger partial charge in [0, 0.05) is 24.4 Å². The topological polar surface area (TPSA) is 35.0 Å². The van der Waals surface area contributed by atoms with E-state index < -0.39 is 12.6 Å². The Hall–Kier alpha value is -2.11. The molecule has 3 nitrogen and oxygen atoms in total. The van der Waals surface area contributed by atoms with E-state index in [2.05, 4.69) is 16.9 Å². The first-order chi connectivity index (χ1) is 12.0. The molecule has 2 rings (SSSR count). The van der Waals surface area contributed by atoms with Gasteiger partial charge in [-0.3, -0.25) is 0 Å². The SMILES string of the molecule is CCCCCc1cnc(-c2ccc(OCCCC(F)(F)F)cc2)nc1. The third kappa shape index (κ3) is 7.11. The van der Waals surface area contributed by atoms with Crippen molar-refractivity contribution in [3.05, 3.63) is 42.2 Å². The lowest BCUT2D eigenvalue weighted by atomic mass is 10.1. The molecule has 1 aromatic heterocycles. The summed E-state index contributed by atoms with van der Waals surface area (Å²) in [4.78, 5) is 8.77. The largest absolute Gasteiger partial charge is 0.494 e. The van der Waals surface area contributed by atoms with Gasteiger partial charge in [-0.2, -0.15) is 13.2 Å². The second kappa shape index (κ2) is 9.39. The Morgan fingerprint density at radius 1 is 0.960 bits per heavy atom. The van der Waals surface area contributed by atoms with E-state index in [1.807, 2.05) is 24.5 Å². The summed E-state index contributed by atoms with van der Waals surface area (Å²) in [5.74, 6) is 1.17. The fourth-order valence-electron chi connectivity index (χ4n) is 2.37. The summed E-state index contributed by atoms with van der Waals surface area (Å²) in [6.07, 6.45) is 3.19. The van der Waals surface area contributed by atoms with Crippen LogP contribution in [0, 0.1) is 0 Å². The first-order valence-corrected chi connectivity index (χ1v) is 8.59.